The third-order valence-corrected chi connectivity index (χ3v) is 8.36. The van der Waals surface area contributed by atoms with Gasteiger partial charge in [0.05, 0.1) is 30.2 Å². The monoisotopic (exact) mass is 613 g/mol. The third kappa shape index (κ3) is 5.44. The van der Waals surface area contributed by atoms with Gasteiger partial charge >= 0.3 is 5.97 Å². The summed E-state index contributed by atoms with van der Waals surface area (Å²) < 4.78 is 33.2. The van der Waals surface area contributed by atoms with Crippen LogP contribution in [0.3, 0.4) is 0 Å². The maximum Gasteiger partial charge on any atom is 0.308 e. The number of carbonyl (C=O) groups excluding carboxylic acids is 3. The number of benzene rings is 3. The van der Waals surface area contributed by atoms with Crippen molar-refractivity contribution in [2.45, 2.75) is 38.0 Å². The molecule has 0 bridgehead atoms. The molecule has 1 fully saturated rings. The number of nitrogens with zero attached hydrogens (tertiary/aromatic N) is 1. The van der Waals surface area contributed by atoms with E-state index in [-0.39, 0.29) is 41.4 Å². The van der Waals surface area contributed by atoms with Crippen molar-refractivity contribution in [1.29, 1.82) is 0 Å². The number of hydrogen-bond acceptors (Lipinski definition) is 6. The van der Waals surface area contributed by atoms with Crippen LogP contribution in [-0.4, -0.2) is 49.5 Å². The molecule has 5 rings (SSSR count). The first-order valence-corrected chi connectivity index (χ1v) is 14.5. The van der Waals surface area contributed by atoms with E-state index >= 15 is 4.39 Å². The Hall–Kier alpha value is -3.30. The normalized spacial score (nSPS) is 19.5. The number of carbonyl (C=O) groups is 3. The van der Waals surface area contributed by atoms with E-state index in [0.717, 1.165) is 0 Å². The van der Waals surface area contributed by atoms with E-state index in [9.17, 15) is 14.4 Å². The number of halogens is 3. The molecule has 2 aliphatic rings. The molecule has 3 aromatic carbocycles. The van der Waals surface area contributed by atoms with Crippen LogP contribution in [0, 0.1) is 11.7 Å². The number of ketones is 1. The molecule has 7 nitrogen and oxygen atoms in total. The average molecular weight is 614 g/mol. The summed E-state index contributed by atoms with van der Waals surface area (Å²) in [6.07, 6.45) is 0.786. The third-order valence-electron chi connectivity index (χ3n) is 7.86. The predicted octanol–water partition coefficient (Wildman–Crippen LogP) is 6.74. The Morgan fingerprint density at radius 2 is 1.67 bits per heavy atom. The van der Waals surface area contributed by atoms with Crippen LogP contribution in [0.25, 0.3) is 0 Å². The van der Waals surface area contributed by atoms with Gasteiger partial charge in [-0.25, -0.2) is 4.39 Å². The minimum absolute atomic E-state index is 0.0231. The summed E-state index contributed by atoms with van der Waals surface area (Å²) in [5, 5.41) is 0.891. The Balaban J connectivity index is 1.73. The molecule has 1 amide bonds. The van der Waals surface area contributed by atoms with Crippen molar-refractivity contribution in [3.05, 3.63) is 104 Å². The number of Topliss-reactive ketones (excluding diaryl/α,β-unsaturated/α-hetero) is 1. The first-order chi connectivity index (χ1) is 20.2. The number of methoxy groups -OCH3 is 1. The summed E-state index contributed by atoms with van der Waals surface area (Å²) in [4.78, 5) is 42.2. The fourth-order valence-corrected chi connectivity index (χ4v) is 6.16. The lowest BCUT2D eigenvalue weighted by Gasteiger charge is -2.42. The second-order valence-electron chi connectivity index (χ2n) is 10.2. The minimum atomic E-state index is -1.81. The van der Waals surface area contributed by atoms with E-state index in [0.29, 0.717) is 47.2 Å². The summed E-state index contributed by atoms with van der Waals surface area (Å²) in [5.41, 5.74) is -0.816. The van der Waals surface area contributed by atoms with Gasteiger partial charge in [-0.3, -0.25) is 19.3 Å². The molecule has 1 saturated heterocycles. The van der Waals surface area contributed by atoms with Gasteiger partial charge in [0, 0.05) is 47.4 Å². The maximum atomic E-state index is 16.4. The molecule has 2 atom stereocenters. The number of hydrogen-bond donors (Lipinski definition) is 0. The van der Waals surface area contributed by atoms with Gasteiger partial charge in [0.15, 0.2) is 11.5 Å². The Bertz CT molecular complexity index is 1490. The molecule has 2 aliphatic heterocycles. The Kier molecular flexibility index (Phi) is 8.99. The number of ether oxygens (including phenoxy) is 3. The molecule has 42 heavy (non-hydrogen) atoms. The lowest BCUT2D eigenvalue weighted by molar-refractivity contribution is -0.148. The smallest absolute Gasteiger partial charge is 0.308 e. The van der Waals surface area contributed by atoms with E-state index in [4.69, 9.17) is 37.4 Å². The first-order valence-electron chi connectivity index (χ1n) is 13.7. The van der Waals surface area contributed by atoms with Crippen molar-refractivity contribution in [2.75, 3.05) is 26.9 Å². The van der Waals surface area contributed by atoms with Gasteiger partial charge < -0.3 is 14.2 Å². The van der Waals surface area contributed by atoms with Crippen molar-refractivity contribution in [2.24, 2.45) is 5.92 Å². The quantitative estimate of drug-likeness (QED) is 0.196. The predicted molar refractivity (Wildman–Crippen MR) is 155 cm³/mol. The second kappa shape index (κ2) is 12.5. The van der Waals surface area contributed by atoms with Crippen molar-refractivity contribution >= 4 is 40.9 Å². The van der Waals surface area contributed by atoms with Crippen LogP contribution in [-0.2, 0) is 24.7 Å². The molecule has 0 radical (unpaired) electrons. The maximum absolute atomic E-state index is 16.4. The molecule has 0 unspecified atom stereocenters. The highest BCUT2D eigenvalue weighted by Gasteiger charge is 2.56. The van der Waals surface area contributed by atoms with Crippen molar-refractivity contribution in [1.82, 2.24) is 4.90 Å². The van der Waals surface area contributed by atoms with Gasteiger partial charge in [-0.1, -0.05) is 47.5 Å². The van der Waals surface area contributed by atoms with Crippen LogP contribution in [0.5, 0.6) is 0 Å². The average Bonchev–Trinajstić information content (AvgIpc) is 3.25. The van der Waals surface area contributed by atoms with Crippen molar-refractivity contribution < 1.29 is 33.0 Å². The molecule has 2 heterocycles. The molecule has 0 N–H and O–H groups in total. The van der Waals surface area contributed by atoms with Gasteiger partial charge in [-0.05, 0) is 61.7 Å². The highest BCUT2D eigenvalue weighted by atomic mass is 35.5. The number of fused-ring (bicyclic) bond motifs is 1. The van der Waals surface area contributed by atoms with E-state index < -0.39 is 29.5 Å². The van der Waals surface area contributed by atoms with E-state index in [1.54, 1.807) is 55.5 Å². The van der Waals surface area contributed by atoms with E-state index in [2.05, 4.69) is 0 Å². The number of esters is 1. The van der Waals surface area contributed by atoms with Crippen LogP contribution in [0.15, 0.2) is 60.7 Å². The van der Waals surface area contributed by atoms with Crippen LogP contribution < -0.4 is 0 Å². The zero-order chi connectivity index (χ0) is 30.0. The summed E-state index contributed by atoms with van der Waals surface area (Å²) in [5.74, 6) is -2.52. The van der Waals surface area contributed by atoms with Gasteiger partial charge in [0.25, 0.3) is 5.91 Å². The van der Waals surface area contributed by atoms with Gasteiger partial charge in [0.2, 0.25) is 0 Å². The van der Waals surface area contributed by atoms with Crippen LogP contribution >= 0.6 is 23.2 Å². The van der Waals surface area contributed by atoms with Gasteiger partial charge in [0.1, 0.15) is 5.82 Å². The molecule has 10 heteroatoms. The van der Waals surface area contributed by atoms with Gasteiger partial charge in [-0.2, -0.15) is 0 Å². The highest BCUT2D eigenvalue weighted by molar-refractivity contribution is 6.30. The summed E-state index contributed by atoms with van der Waals surface area (Å²) in [6, 6.07) is 14.8. The lowest BCUT2D eigenvalue weighted by Crippen LogP contribution is -2.49. The Labute approximate surface area is 253 Å². The summed E-state index contributed by atoms with van der Waals surface area (Å²) in [7, 11) is 1.37. The zero-order valence-corrected chi connectivity index (χ0v) is 24.7. The molecular formula is C32H30Cl2FNO6. The van der Waals surface area contributed by atoms with Crippen molar-refractivity contribution in [3.8, 4) is 0 Å². The van der Waals surface area contributed by atoms with Crippen LogP contribution in [0.2, 0.25) is 10.0 Å². The first kappa shape index (κ1) is 30.2. The Morgan fingerprint density at radius 1 is 1.05 bits per heavy atom. The molecule has 0 saturated carbocycles. The van der Waals surface area contributed by atoms with Crippen LogP contribution in [0.1, 0.15) is 69.6 Å². The standard InChI is InChI=1S/C32H30Cl2FNO6/c1-3-42-28(37)18-27(19-4-8-23(33)9-5-19)36-31(39)25-16-21(30(38)20-12-14-41-15-13-20)17-26(35)29(25)32(36,40-2)22-6-10-24(34)11-7-22/h4-11,16-17,20,27H,3,12-15,18H2,1-2H3/t27-,32+/m0/s1. The lowest BCUT2D eigenvalue weighted by atomic mass is 9.87. The summed E-state index contributed by atoms with van der Waals surface area (Å²) >= 11 is 12.4. The molecule has 3 aromatic rings. The Morgan fingerprint density at radius 3 is 2.26 bits per heavy atom. The molecule has 0 spiro atoms. The fraction of sp³-hybridized carbons (Fsp3) is 0.344. The minimum Gasteiger partial charge on any atom is -0.466 e. The SMILES string of the molecule is CCOC(=O)C[C@@H](c1ccc(Cl)cc1)N1C(=O)c2cc(C(=O)C3CCOCC3)cc(F)c2[C@]1(OC)c1ccc(Cl)cc1. The van der Waals surface area contributed by atoms with E-state index in [1.165, 1.54) is 24.1 Å². The zero-order valence-electron chi connectivity index (χ0n) is 23.2. The molecule has 0 aliphatic carbocycles. The van der Waals surface area contributed by atoms with E-state index in [1.807, 2.05) is 0 Å². The molecule has 220 valence electrons. The molecule has 0 aromatic heterocycles. The molecular weight excluding hydrogens is 584 g/mol. The second-order valence-corrected chi connectivity index (χ2v) is 11.1. The summed E-state index contributed by atoms with van der Waals surface area (Å²) in [6.45, 7) is 2.71. The largest absolute Gasteiger partial charge is 0.466 e. The fourth-order valence-electron chi connectivity index (χ4n) is 5.91. The number of rotatable bonds is 9. The topological polar surface area (TPSA) is 82.1 Å². The number of amides is 1. The van der Waals surface area contributed by atoms with Crippen molar-refractivity contribution in [3.63, 3.8) is 0 Å². The highest BCUT2D eigenvalue weighted by Crippen LogP contribution is 2.51. The van der Waals surface area contributed by atoms with Crippen LogP contribution in [0.4, 0.5) is 4.39 Å². The van der Waals surface area contributed by atoms with Gasteiger partial charge in [-0.15, -0.1) is 0 Å².